The van der Waals surface area contributed by atoms with E-state index in [0.717, 1.165) is 0 Å². The van der Waals surface area contributed by atoms with Gasteiger partial charge in [0.05, 0.1) is 52.3 Å². The van der Waals surface area contributed by atoms with E-state index in [1.165, 1.54) is 28.9 Å². The fourth-order valence-electron chi connectivity index (χ4n) is 4.47. The number of carbonyl (C=O) groups excluding carboxylic acids is 1. The predicted octanol–water partition coefficient (Wildman–Crippen LogP) is 3.97. The second kappa shape index (κ2) is 8.13. The fourth-order valence-corrected chi connectivity index (χ4v) is 4.47. The van der Waals surface area contributed by atoms with E-state index in [1.54, 1.807) is 17.2 Å². The molecular weight excluding hydrogens is 452 g/mol. The number of carbonyl (C=O) groups is 1. The van der Waals surface area contributed by atoms with Crippen LogP contribution in [-0.4, -0.2) is 39.9 Å². The normalized spacial score (nSPS) is 17.9. The van der Waals surface area contributed by atoms with Crippen molar-refractivity contribution >= 4 is 11.7 Å². The third-order valence-corrected chi connectivity index (χ3v) is 6.14. The number of alkyl halides is 3. The van der Waals surface area contributed by atoms with Crippen LogP contribution in [0.2, 0.25) is 0 Å². The molecule has 1 amide bonds. The maximum Gasteiger partial charge on any atom is 0.393 e. The molecule has 1 fully saturated rings. The number of hydrogen-bond donors (Lipinski definition) is 1. The Morgan fingerprint density at radius 2 is 2.03 bits per heavy atom. The van der Waals surface area contributed by atoms with E-state index in [-0.39, 0.29) is 47.8 Å². The summed E-state index contributed by atoms with van der Waals surface area (Å²) in [5, 5.41) is 16.6. The number of amides is 1. The average molecular weight is 470 g/mol. The second-order valence-electron chi connectivity index (χ2n) is 8.25. The summed E-state index contributed by atoms with van der Waals surface area (Å²) in [5.41, 5.74) is 1.18. The number of aromatic nitrogens is 3. The lowest BCUT2D eigenvalue weighted by Crippen LogP contribution is -2.42. The fraction of sp³-hybridized carbons (Fsp3) is 0.304. The third-order valence-electron chi connectivity index (χ3n) is 6.14. The van der Waals surface area contributed by atoms with E-state index in [9.17, 15) is 27.6 Å². The highest BCUT2D eigenvalue weighted by Gasteiger charge is 2.42. The molecule has 0 spiro atoms. The van der Waals surface area contributed by atoms with Crippen LogP contribution in [0.5, 0.6) is 0 Å². The highest BCUT2D eigenvalue weighted by Crippen LogP contribution is 2.35. The van der Waals surface area contributed by atoms with Crippen LogP contribution in [0.25, 0.3) is 16.9 Å². The molecule has 2 aliphatic heterocycles. The molecule has 0 radical (unpaired) electrons. The Morgan fingerprint density at radius 1 is 1.21 bits per heavy atom. The molecule has 7 nitrogen and oxygen atoms in total. The zero-order chi connectivity index (χ0) is 24.0. The maximum absolute atomic E-state index is 14.7. The van der Waals surface area contributed by atoms with Gasteiger partial charge in [0.2, 0.25) is 0 Å². The van der Waals surface area contributed by atoms with Gasteiger partial charge in [-0.15, -0.1) is 0 Å². The number of pyridine rings is 1. The highest BCUT2D eigenvalue weighted by atomic mass is 19.4. The second-order valence-corrected chi connectivity index (χ2v) is 8.25. The third kappa shape index (κ3) is 3.75. The summed E-state index contributed by atoms with van der Waals surface area (Å²) in [5.74, 6) is -2.10. The van der Waals surface area contributed by atoms with E-state index in [0.29, 0.717) is 30.2 Å². The van der Waals surface area contributed by atoms with E-state index in [4.69, 9.17) is 0 Å². The molecule has 5 rings (SSSR count). The molecule has 0 saturated carbocycles. The Hall–Kier alpha value is -3.94. The van der Waals surface area contributed by atoms with Gasteiger partial charge < -0.3 is 10.2 Å². The van der Waals surface area contributed by atoms with Crippen LogP contribution < -0.4 is 10.2 Å². The molecule has 34 heavy (non-hydrogen) atoms. The molecule has 0 aliphatic carbocycles. The molecule has 2 aliphatic rings. The average Bonchev–Trinajstić information content (AvgIpc) is 3.45. The van der Waals surface area contributed by atoms with Crippen LogP contribution >= 0.6 is 0 Å². The molecule has 3 aromatic rings. The summed E-state index contributed by atoms with van der Waals surface area (Å²) < 4.78 is 55.8. The smallest absolute Gasteiger partial charge is 0.355 e. The summed E-state index contributed by atoms with van der Waals surface area (Å²) in [6, 6.07) is 9.11. The summed E-state index contributed by atoms with van der Waals surface area (Å²) in [4.78, 5) is 18.5. The van der Waals surface area contributed by atoms with Crippen LogP contribution in [0.15, 0.2) is 36.5 Å². The number of benzene rings is 1. The minimum atomic E-state index is -4.28. The minimum Gasteiger partial charge on any atom is -0.355 e. The van der Waals surface area contributed by atoms with E-state index in [1.807, 2.05) is 6.07 Å². The van der Waals surface area contributed by atoms with Crippen LogP contribution in [0, 0.1) is 23.1 Å². The van der Waals surface area contributed by atoms with Crippen LogP contribution in [0.3, 0.4) is 0 Å². The predicted molar refractivity (Wildman–Crippen MR) is 114 cm³/mol. The highest BCUT2D eigenvalue weighted by molar-refractivity contribution is 6.01. The molecule has 1 aromatic carbocycles. The summed E-state index contributed by atoms with van der Waals surface area (Å²) in [7, 11) is 0. The Balaban J connectivity index is 1.58. The van der Waals surface area contributed by atoms with Crippen molar-refractivity contribution in [3.63, 3.8) is 0 Å². The van der Waals surface area contributed by atoms with Gasteiger partial charge in [-0.05, 0) is 31.0 Å². The molecule has 2 aromatic heterocycles. The first kappa shape index (κ1) is 21.9. The van der Waals surface area contributed by atoms with Crippen molar-refractivity contribution in [1.82, 2.24) is 20.1 Å². The monoisotopic (exact) mass is 470 g/mol. The van der Waals surface area contributed by atoms with Crippen molar-refractivity contribution in [2.45, 2.75) is 25.6 Å². The molecule has 174 valence electrons. The van der Waals surface area contributed by atoms with Gasteiger partial charge in [0.15, 0.2) is 5.82 Å². The van der Waals surface area contributed by atoms with Gasteiger partial charge >= 0.3 is 6.18 Å². The molecule has 0 bridgehead atoms. The number of fused-ring (bicyclic) bond motifs is 1. The van der Waals surface area contributed by atoms with Gasteiger partial charge in [-0.25, -0.2) is 14.1 Å². The Kier molecular flexibility index (Phi) is 5.23. The first-order valence-electron chi connectivity index (χ1n) is 10.6. The lowest BCUT2D eigenvalue weighted by Gasteiger charge is -2.33. The van der Waals surface area contributed by atoms with Crippen LogP contribution in [-0.2, 0) is 6.54 Å². The van der Waals surface area contributed by atoms with Gasteiger partial charge in [-0.3, -0.25) is 4.79 Å². The lowest BCUT2D eigenvalue weighted by atomic mass is 9.97. The van der Waals surface area contributed by atoms with Crippen LogP contribution in [0.1, 0.15) is 34.5 Å². The topological polar surface area (TPSA) is 86.8 Å². The number of nitrogens with one attached hydrogen (secondary N) is 1. The molecule has 4 heterocycles. The maximum atomic E-state index is 14.7. The standard InChI is InChI=1S/C23H18F4N6O/c24-15-5-1-3-13(10-28)20(15)16-9-18(21-17(30-16)11-29-22(21)34)33-8-6-19(31-33)32-7-2-4-14(12-32)23(25,26)27/h1,3,5-6,8-9,14H,2,4,7,11-12H2,(H,29,34). The lowest BCUT2D eigenvalue weighted by molar-refractivity contribution is -0.176. The SMILES string of the molecule is N#Cc1cccc(F)c1-c1cc(-n2ccc(N3CCCC(C(F)(F)F)C3)n2)c2c(n1)CNC2=O. The summed E-state index contributed by atoms with van der Waals surface area (Å²) >= 11 is 0. The van der Waals surface area contributed by atoms with Crippen molar-refractivity contribution in [3.8, 4) is 23.0 Å². The minimum absolute atomic E-state index is 0.00447. The Morgan fingerprint density at radius 3 is 2.79 bits per heavy atom. The zero-order valence-electron chi connectivity index (χ0n) is 17.7. The number of halogens is 4. The van der Waals surface area contributed by atoms with Crippen molar-refractivity contribution in [3.05, 3.63) is 59.2 Å². The zero-order valence-corrected chi connectivity index (χ0v) is 17.7. The number of anilines is 1. The van der Waals surface area contributed by atoms with E-state index in [2.05, 4.69) is 15.4 Å². The molecule has 1 N–H and O–H groups in total. The van der Waals surface area contributed by atoms with E-state index < -0.39 is 17.9 Å². The van der Waals surface area contributed by atoms with Crippen molar-refractivity contribution in [2.24, 2.45) is 5.92 Å². The molecule has 1 atom stereocenters. The van der Waals surface area contributed by atoms with Crippen molar-refractivity contribution in [2.75, 3.05) is 18.0 Å². The number of rotatable bonds is 3. The summed E-state index contributed by atoms with van der Waals surface area (Å²) in [6.45, 7) is 0.366. The van der Waals surface area contributed by atoms with Crippen molar-refractivity contribution in [1.29, 1.82) is 5.26 Å². The first-order chi connectivity index (χ1) is 16.3. The largest absolute Gasteiger partial charge is 0.393 e. The number of piperidine rings is 1. The number of hydrogen-bond acceptors (Lipinski definition) is 5. The quantitative estimate of drug-likeness (QED) is 0.586. The molecular formula is C23H18F4N6O. The van der Waals surface area contributed by atoms with E-state index >= 15 is 0 Å². The van der Waals surface area contributed by atoms with Gasteiger partial charge in [-0.2, -0.15) is 23.5 Å². The molecule has 1 saturated heterocycles. The number of nitrogens with zero attached hydrogens (tertiary/aromatic N) is 5. The van der Waals surface area contributed by atoms with Gasteiger partial charge in [0, 0.05) is 25.4 Å². The van der Waals surface area contributed by atoms with Gasteiger partial charge in [0.25, 0.3) is 5.91 Å². The summed E-state index contributed by atoms with van der Waals surface area (Å²) in [6.07, 6.45) is -2.27. The Labute approximate surface area is 191 Å². The molecule has 11 heteroatoms. The first-order valence-corrected chi connectivity index (χ1v) is 10.6. The molecule has 1 unspecified atom stereocenters. The number of nitriles is 1. The van der Waals surface area contributed by atoms with Gasteiger partial charge in [-0.1, -0.05) is 6.07 Å². The van der Waals surface area contributed by atoms with Crippen molar-refractivity contribution < 1.29 is 22.4 Å². The van der Waals surface area contributed by atoms with Crippen LogP contribution in [0.4, 0.5) is 23.4 Å². The van der Waals surface area contributed by atoms with Gasteiger partial charge in [0.1, 0.15) is 5.82 Å². The Bertz CT molecular complexity index is 1330.